The van der Waals surface area contributed by atoms with Crippen molar-refractivity contribution in [1.29, 1.82) is 0 Å². The summed E-state index contributed by atoms with van der Waals surface area (Å²) in [6, 6.07) is 7.09. The first-order valence-electron chi connectivity index (χ1n) is 12.7. The number of fused-ring (bicyclic) bond motifs is 1. The van der Waals surface area contributed by atoms with Gasteiger partial charge in [0, 0.05) is 31.1 Å². The second-order valence-corrected chi connectivity index (χ2v) is 10.6. The van der Waals surface area contributed by atoms with Gasteiger partial charge in [-0.2, -0.15) is 0 Å². The molecule has 184 valence electrons. The van der Waals surface area contributed by atoms with E-state index in [0.29, 0.717) is 19.1 Å². The van der Waals surface area contributed by atoms with Crippen molar-refractivity contribution in [3.63, 3.8) is 0 Å². The van der Waals surface area contributed by atoms with Gasteiger partial charge >= 0.3 is 0 Å². The van der Waals surface area contributed by atoms with Gasteiger partial charge in [-0.1, -0.05) is 33.8 Å². The van der Waals surface area contributed by atoms with Crippen LogP contribution in [0.15, 0.2) is 18.2 Å². The topological polar surface area (TPSA) is 53.1 Å². The van der Waals surface area contributed by atoms with Gasteiger partial charge in [-0.05, 0) is 74.9 Å². The van der Waals surface area contributed by atoms with Gasteiger partial charge in [-0.3, -0.25) is 9.59 Å². The summed E-state index contributed by atoms with van der Waals surface area (Å²) in [5, 5.41) is 0. The number of rotatable bonds is 9. The minimum Gasteiger partial charge on any atom is -0.497 e. The van der Waals surface area contributed by atoms with Crippen LogP contribution in [0, 0.1) is 5.41 Å². The Morgan fingerprint density at radius 2 is 1.94 bits per heavy atom. The number of methoxy groups -OCH3 is 1. The van der Waals surface area contributed by atoms with Crippen LogP contribution >= 0.6 is 0 Å². The Hall–Kier alpha value is -2.08. The molecule has 33 heavy (non-hydrogen) atoms. The highest BCUT2D eigenvalue weighted by molar-refractivity contribution is 5.88. The fourth-order valence-corrected chi connectivity index (χ4v) is 5.13. The summed E-state index contributed by atoms with van der Waals surface area (Å²) in [6.45, 7) is 12.5. The van der Waals surface area contributed by atoms with Gasteiger partial charge in [-0.25, -0.2) is 0 Å². The molecule has 0 saturated carbocycles. The van der Waals surface area contributed by atoms with E-state index >= 15 is 0 Å². The molecule has 6 nitrogen and oxygen atoms in total. The number of carbonyl (C=O) groups is 2. The van der Waals surface area contributed by atoms with E-state index in [2.05, 4.69) is 30.0 Å². The highest BCUT2D eigenvalue weighted by Gasteiger charge is 2.32. The number of unbranched alkanes of at least 4 members (excludes halogenated alkanes) is 1. The molecule has 1 heterocycles. The highest BCUT2D eigenvalue weighted by atomic mass is 16.5. The standard InChI is InChI=1S/C27H43N3O3/c1-6-13-28(23-11-9-21-10-12-24(33-5)19-22(21)18-23)14-7-8-15-29-16-17-30(20-25(29)31)26(32)27(2,3)4/h10,12,19,23H,6-9,11,13-18,20H2,1-5H3. The molecular formula is C27H43N3O3. The van der Waals surface area contributed by atoms with E-state index in [4.69, 9.17) is 4.74 Å². The van der Waals surface area contributed by atoms with Crippen molar-refractivity contribution >= 4 is 11.8 Å². The van der Waals surface area contributed by atoms with Crippen LogP contribution in [-0.2, 0) is 22.4 Å². The number of hydrogen-bond donors (Lipinski definition) is 0. The zero-order valence-corrected chi connectivity index (χ0v) is 21.4. The van der Waals surface area contributed by atoms with Crippen molar-refractivity contribution in [2.45, 2.75) is 72.3 Å². The number of hydrogen-bond acceptors (Lipinski definition) is 4. The molecule has 0 radical (unpaired) electrons. The lowest BCUT2D eigenvalue weighted by Crippen LogP contribution is -2.54. The summed E-state index contributed by atoms with van der Waals surface area (Å²) in [5.41, 5.74) is 2.46. The monoisotopic (exact) mass is 457 g/mol. The Kier molecular flexibility index (Phi) is 8.80. The lowest BCUT2D eigenvalue weighted by Gasteiger charge is -2.37. The van der Waals surface area contributed by atoms with Crippen LogP contribution in [0.3, 0.4) is 0 Å². The molecule has 1 fully saturated rings. The van der Waals surface area contributed by atoms with E-state index in [0.717, 1.165) is 57.5 Å². The number of benzene rings is 1. The van der Waals surface area contributed by atoms with Crippen molar-refractivity contribution in [2.75, 3.05) is 46.4 Å². The number of aryl methyl sites for hydroxylation is 1. The maximum absolute atomic E-state index is 12.6. The Balaban J connectivity index is 1.46. The van der Waals surface area contributed by atoms with Crippen LogP contribution in [0.4, 0.5) is 0 Å². The molecule has 1 atom stereocenters. The fraction of sp³-hybridized carbons (Fsp3) is 0.704. The van der Waals surface area contributed by atoms with E-state index in [1.165, 1.54) is 17.5 Å². The van der Waals surface area contributed by atoms with E-state index in [1.54, 1.807) is 12.0 Å². The number of carbonyl (C=O) groups excluding carboxylic acids is 2. The fourth-order valence-electron chi connectivity index (χ4n) is 5.13. The molecule has 3 rings (SSSR count). The molecule has 2 amide bonds. The van der Waals surface area contributed by atoms with Crippen LogP contribution < -0.4 is 4.74 Å². The molecule has 1 aliphatic heterocycles. The second kappa shape index (κ2) is 11.4. The van der Waals surface area contributed by atoms with Gasteiger partial charge in [0.1, 0.15) is 5.75 Å². The molecule has 0 bridgehead atoms. The summed E-state index contributed by atoms with van der Waals surface area (Å²) in [6.07, 6.45) is 6.70. The zero-order chi connectivity index (χ0) is 24.0. The van der Waals surface area contributed by atoms with Gasteiger partial charge < -0.3 is 19.4 Å². The summed E-state index contributed by atoms with van der Waals surface area (Å²) in [5.74, 6) is 1.10. The van der Waals surface area contributed by atoms with E-state index in [9.17, 15) is 9.59 Å². The normalized spacial score (nSPS) is 19.1. The molecule has 1 aliphatic carbocycles. The number of piperazine rings is 1. The van der Waals surface area contributed by atoms with Crippen molar-refractivity contribution in [3.05, 3.63) is 29.3 Å². The Morgan fingerprint density at radius 1 is 1.15 bits per heavy atom. The third-order valence-electron chi connectivity index (χ3n) is 7.01. The van der Waals surface area contributed by atoms with Gasteiger partial charge in [0.15, 0.2) is 0 Å². The van der Waals surface area contributed by atoms with Gasteiger partial charge in [-0.15, -0.1) is 0 Å². The predicted octanol–water partition coefficient (Wildman–Crippen LogP) is 3.76. The zero-order valence-electron chi connectivity index (χ0n) is 21.4. The summed E-state index contributed by atoms with van der Waals surface area (Å²) in [7, 11) is 1.73. The van der Waals surface area contributed by atoms with E-state index < -0.39 is 5.41 Å². The quantitative estimate of drug-likeness (QED) is 0.530. The Bertz CT molecular complexity index is 817. The minimum absolute atomic E-state index is 0.0670. The predicted molar refractivity (Wildman–Crippen MR) is 133 cm³/mol. The molecule has 0 N–H and O–H groups in total. The van der Waals surface area contributed by atoms with E-state index in [1.807, 2.05) is 25.7 Å². The van der Waals surface area contributed by atoms with Crippen LogP contribution in [0.1, 0.15) is 64.5 Å². The third-order valence-corrected chi connectivity index (χ3v) is 7.01. The van der Waals surface area contributed by atoms with Gasteiger partial charge in [0.25, 0.3) is 0 Å². The molecule has 0 aromatic heterocycles. The van der Waals surface area contributed by atoms with Crippen molar-refractivity contribution in [3.8, 4) is 5.75 Å². The van der Waals surface area contributed by atoms with Crippen LogP contribution in [-0.4, -0.2) is 78.9 Å². The SMILES string of the molecule is CCCN(CCCCN1CCN(C(=O)C(C)(C)C)CC1=O)C1CCc2ccc(OC)cc2C1. The minimum atomic E-state index is -0.435. The second-order valence-electron chi connectivity index (χ2n) is 10.6. The maximum Gasteiger partial charge on any atom is 0.242 e. The average Bonchev–Trinajstić information content (AvgIpc) is 2.80. The molecule has 0 spiro atoms. The first-order valence-corrected chi connectivity index (χ1v) is 12.7. The van der Waals surface area contributed by atoms with Crippen LogP contribution in [0.25, 0.3) is 0 Å². The molecular weight excluding hydrogens is 414 g/mol. The molecule has 1 unspecified atom stereocenters. The van der Waals surface area contributed by atoms with E-state index in [-0.39, 0.29) is 18.4 Å². The summed E-state index contributed by atoms with van der Waals surface area (Å²) < 4.78 is 5.44. The van der Waals surface area contributed by atoms with Gasteiger partial charge in [0.05, 0.1) is 13.7 Å². The molecule has 6 heteroatoms. The molecule has 1 aromatic rings. The first-order chi connectivity index (χ1) is 15.7. The van der Waals surface area contributed by atoms with Crippen molar-refractivity contribution < 1.29 is 14.3 Å². The Labute approximate surface area is 200 Å². The number of nitrogens with zero attached hydrogens (tertiary/aromatic N) is 3. The summed E-state index contributed by atoms with van der Waals surface area (Å²) >= 11 is 0. The van der Waals surface area contributed by atoms with Crippen LogP contribution in [0.5, 0.6) is 5.75 Å². The number of ether oxygens (including phenoxy) is 1. The highest BCUT2D eigenvalue weighted by Crippen LogP contribution is 2.28. The molecule has 2 aliphatic rings. The van der Waals surface area contributed by atoms with Crippen molar-refractivity contribution in [2.24, 2.45) is 5.41 Å². The van der Waals surface area contributed by atoms with Crippen molar-refractivity contribution in [1.82, 2.24) is 14.7 Å². The largest absolute Gasteiger partial charge is 0.497 e. The average molecular weight is 458 g/mol. The maximum atomic E-state index is 12.6. The lowest BCUT2D eigenvalue weighted by atomic mass is 9.87. The molecule has 1 aromatic carbocycles. The smallest absolute Gasteiger partial charge is 0.242 e. The third kappa shape index (κ3) is 6.72. The van der Waals surface area contributed by atoms with Crippen LogP contribution in [0.2, 0.25) is 0 Å². The number of amides is 2. The lowest BCUT2D eigenvalue weighted by molar-refractivity contribution is -0.149. The summed E-state index contributed by atoms with van der Waals surface area (Å²) in [4.78, 5) is 31.4. The molecule has 1 saturated heterocycles. The van der Waals surface area contributed by atoms with Gasteiger partial charge in [0.2, 0.25) is 11.8 Å². The Morgan fingerprint density at radius 3 is 2.61 bits per heavy atom. The first kappa shape index (κ1) is 25.5.